The van der Waals surface area contributed by atoms with Crippen molar-refractivity contribution >= 4 is 21.6 Å². The molecule has 1 aliphatic rings. The summed E-state index contributed by atoms with van der Waals surface area (Å²) in [5.74, 6) is 0. The van der Waals surface area contributed by atoms with Crippen molar-refractivity contribution in [3.05, 3.63) is 24.3 Å². The van der Waals surface area contributed by atoms with Gasteiger partial charge in [-0.15, -0.1) is 0 Å². The third kappa shape index (κ3) is 5.77. The van der Waals surface area contributed by atoms with Gasteiger partial charge in [0, 0.05) is 50.7 Å². The monoisotopic (exact) mass is 354 g/mol. The van der Waals surface area contributed by atoms with E-state index in [-0.39, 0.29) is 17.0 Å². The number of rotatable bonds is 5. The number of likely N-dealkylation sites (N-methyl/N-ethyl adjacent to an activating group) is 1. The lowest BCUT2D eigenvalue weighted by atomic mass is 10.2. The summed E-state index contributed by atoms with van der Waals surface area (Å²) < 4.78 is 23.1. The van der Waals surface area contributed by atoms with E-state index in [1.54, 1.807) is 12.1 Å². The minimum atomic E-state index is -3.29. The van der Waals surface area contributed by atoms with E-state index in [1.807, 2.05) is 6.92 Å². The molecule has 1 heterocycles. The second kappa shape index (κ2) is 7.96. The first-order valence-electron chi connectivity index (χ1n) is 8.02. The zero-order valence-corrected chi connectivity index (χ0v) is 15.3. The van der Waals surface area contributed by atoms with Gasteiger partial charge >= 0.3 is 6.03 Å². The van der Waals surface area contributed by atoms with Crippen LogP contribution >= 0.6 is 0 Å². The lowest BCUT2D eigenvalue weighted by Gasteiger charge is -2.34. The highest BCUT2D eigenvalue weighted by atomic mass is 32.2. The van der Waals surface area contributed by atoms with Crippen molar-refractivity contribution in [2.24, 2.45) is 0 Å². The fraction of sp³-hybridized carbons (Fsp3) is 0.562. The molecule has 0 radical (unpaired) electrons. The predicted octanol–water partition coefficient (Wildman–Crippen LogP) is 0.848. The first-order chi connectivity index (χ1) is 11.2. The van der Waals surface area contributed by atoms with Gasteiger partial charge in [0.1, 0.15) is 0 Å². The summed E-state index contributed by atoms with van der Waals surface area (Å²) >= 11 is 0. The molecule has 0 spiro atoms. The molecule has 2 N–H and O–H groups in total. The average Bonchev–Trinajstić information content (AvgIpc) is 2.49. The van der Waals surface area contributed by atoms with Gasteiger partial charge < -0.3 is 15.5 Å². The normalized spacial score (nSPS) is 18.1. The molecule has 0 bridgehead atoms. The Morgan fingerprint density at radius 1 is 1.25 bits per heavy atom. The zero-order chi connectivity index (χ0) is 17.7. The van der Waals surface area contributed by atoms with Gasteiger partial charge in [0.05, 0.1) is 4.90 Å². The minimum absolute atomic E-state index is 0.00602. The zero-order valence-electron chi connectivity index (χ0n) is 14.4. The van der Waals surface area contributed by atoms with Crippen molar-refractivity contribution in [3.8, 4) is 0 Å². The highest BCUT2D eigenvalue weighted by Gasteiger charge is 2.17. The van der Waals surface area contributed by atoms with Crippen LogP contribution in [0.3, 0.4) is 0 Å². The SMILES string of the molecule is C[C@@H](CN1CCN(C)CC1)NC(=O)Nc1cccc(S(C)(=O)=O)c1. The van der Waals surface area contributed by atoms with Gasteiger partial charge in [0.2, 0.25) is 0 Å². The molecule has 2 amide bonds. The average molecular weight is 354 g/mol. The quantitative estimate of drug-likeness (QED) is 0.819. The topological polar surface area (TPSA) is 81.8 Å². The van der Waals surface area contributed by atoms with E-state index in [9.17, 15) is 13.2 Å². The fourth-order valence-electron chi connectivity index (χ4n) is 2.66. The number of carbonyl (C=O) groups excluding carboxylic acids is 1. The molecule has 8 heteroatoms. The van der Waals surface area contributed by atoms with Crippen LogP contribution in [0.1, 0.15) is 6.92 Å². The Labute approximate surface area is 143 Å². The van der Waals surface area contributed by atoms with E-state index in [0.29, 0.717) is 5.69 Å². The van der Waals surface area contributed by atoms with Crippen LogP contribution in [0.4, 0.5) is 10.5 Å². The highest BCUT2D eigenvalue weighted by Crippen LogP contribution is 2.15. The molecule has 134 valence electrons. The highest BCUT2D eigenvalue weighted by molar-refractivity contribution is 7.90. The number of carbonyl (C=O) groups is 1. The Bertz CT molecular complexity index is 670. The molecule has 1 fully saturated rings. The molecule has 24 heavy (non-hydrogen) atoms. The molecule has 1 saturated heterocycles. The Morgan fingerprint density at radius 3 is 2.54 bits per heavy atom. The van der Waals surface area contributed by atoms with E-state index >= 15 is 0 Å². The molecule has 0 aliphatic carbocycles. The van der Waals surface area contributed by atoms with Crippen LogP contribution in [0.2, 0.25) is 0 Å². The fourth-order valence-corrected chi connectivity index (χ4v) is 3.33. The number of nitrogens with one attached hydrogen (secondary N) is 2. The molecular weight excluding hydrogens is 328 g/mol. The van der Waals surface area contributed by atoms with Gasteiger partial charge in [-0.3, -0.25) is 4.90 Å². The third-order valence-electron chi connectivity index (χ3n) is 4.03. The van der Waals surface area contributed by atoms with Crippen molar-refractivity contribution in [3.63, 3.8) is 0 Å². The van der Waals surface area contributed by atoms with Gasteiger partial charge in [-0.25, -0.2) is 13.2 Å². The van der Waals surface area contributed by atoms with Crippen LogP contribution in [0.15, 0.2) is 29.2 Å². The van der Waals surface area contributed by atoms with Gasteiger partial charge in [-0.2, -0.15) is 0 Å². The number of hydrogen-bond acceptors (Lipinski definition) is 5. The second-order valence-electron chi connectivity index (χ2n) is 6.40. The molecule has 1 aromatic rings. The summed E-state index contributed by atoms with van der Waals surface area (Å²) in [6, 6.07) is 5.92. The first-order valence-corrected chi connectivity index (χ1v) is 9.92. The van der Waals surface area contributed by atoms with E-state index in [4.69, 9.17) is 0 Å². The molecule has 7 nitrogen and oxygen atoms in total. The summed E-state index contributed by atoms with van der Waals surface area (Å²) in [6.07, 6.45) is 1.14. The molecule has 0 aromatic heterocycles. The summed E-state index contributed by atoms with van der Waals surface area (Å²) in [4.78, 5) is 16.9. The van der Waals surface area contributed by atoms with Crippen molar-refractivity contribution in [2.45, 2.75) is 17.9 Å². The van der Waals surface area contributed by atoms with Gasteiger partial charge in [-0.05, 0) is 32.2 Å². The van der Waals surface area contributed by atoms with Crippen LogP contribution in [0.5, 0.6) is 0 Å². The Morgan fingerprint density at radius 2 is 1.92 bits per heavy atom. The largest absolute Gasteiger partial charge is 0.334 e. The maximum Gasteiger partial charge on any atom is 0.319 e. The molecule has 2 rings (SSSR count). The number of anilines is 1. The van der Waals surface area contributed by atoms with Crippen molar-refractivity contribution < 1.29 is 13.2 Å². The van der Waals surface area contributed by atoms with Crippen molar-refractivity contribution in [1.29, 1.82) is 0 Å². The lowest BCUT2D eigenvalue weighted by Crippen LogP contribution is -2.50. The van der Waals surface area contributed by atoms with Crippen LogP contribution in [-0.2, 0) is 9.84 Å². The third-order valence-corrected chi connectivity index (χ3v) is 5.14. The number of benzene rings is 1. The van der Waals surface area contributed by atoms with E-state index < -0.39 is 9.84 Å². The summed E-state index contributed by atoms with van der Waals surface area (Å²) in [6.45, 7) is 6.84. The maximum absolute atomic E-state index is 12.1. The van der Waals surface area contributed by atoms with Crippen LogP contribution in [0, 0.1) is 0 Å². The first kappa shape index (κ1) is 18.7. The molecule has 1 aliphatic heterocycles. The van der Waals surface area contributed by atoms with E-state index in [2.05, 4.69) is 27.5 Å². The van der Waals surface area contributed by atoms with Crippen LogP contribution in [-0.4, -0.2) is 76.3 Å². The number of urea groups is 1. The second-order valence-corrected chi connectivity index (χ2v) is 8.42. The lowest BCUT2D eigenvalue weighted by molar-refractivity contribution is 0.145. The van der Waals surface area contributed by atoms with Crippen LogP contribution < -0.4 is 10.6 Å². The van der Waals surface area contributed by atoms with Gasteiger partial charge in [0.15, 0.2) is 9.84 Å². The number of nitrogens with zero attached hydrogens (tertiary/aromatic N) is 2. The smallest absolute Gasteiger partial charge is 0.319 e. The molecular formula is C16H26N4O3S. The summed E-state index contributed by atoms with van der Waals surface area (Å²) in [7, 11) is -1.18. The van der Waals surface area contributed by atoms with E-state index in [0.717, 1.165) is 39.0 Å². The standard InChI is InChI=1S/C16H26N4O3S/c1-13(12-20-9-7-19(2)8-10-20)17-16(21)18-14-5-4-6-15(11-14)24(3,22)23/h4-6,11,13H,7-10,12H2,1-3H3,(H2,17,18,21)/t13-/m0/s1. The van der Waals surface area contributed by atoms with Crippen molar-refractivity contribution in [2.75, 3.05) is 51.3 Å². The maximum atomic E-state index is 12.1. The van der Waals surface area contributed by atoms with Crippen molar-refractivity contribution in [1.82, 2.24) is 15.1 Å². The Kier molecular flexibility index (Phi) is 6.20. The molecule has 1 aromatic carbocycles. The number of amides is 2. The van der Waals surface area contributed by atoms with Gasteiger partial charge in [-0.1, -0.05) is 6.07 Å². The molecule has 0 unspecified atom stereocenters. The van der Waals surface area contributed by atoms with Crippen LogP contribution in [0.25, 0.3) is 0 Å². The summed E-state index contributed by atoms with van der Waals surface area (Å²) in [5.41, 5.74) is 0.460. The molecule has 0 saturated carbocycles. The minimum Gasteiger partial charge on any atom is -0.334 e. The number of piperazine rings is 1. The molecule has 1 atom stereocenters. The Hall–Kier alpha value is -1.64. The van der Waals surface area contributed by atoms with E-state index in [1.165, 1.54) is 12.1 Å². The number of hydrogen-bond donors (Lipinski definition) is 2. The number of sulfone groups is 1. The Balaban J connectivity index is 1.84. The predicted molar refractivity (Wildman–Crippen MR) is 95.1 cm³/mol. The van der Waals surface area contributed by atoms with Gasteiger partial charge in [0.25, 0.3) is 0 Å². The summed E-state index contributed by atoms with van der Waals surface area (Å²) in [5, 5.41) is 5.58.